The van der Waals surface area contributed by atoms with Gasteiger partial charge in [0.2, 0.25) is 0 Å². The van der Waals surface area contributed by atoms with E-state index in [1.807, 2.05) is 40.8 Å². The number of benzene rings is 2. The van der Waals surface area contributed by atoms with Crippen LogP contribution in [-0.4, -0.2) is 28.4 Å². The van der Waals surface area contributed by atoms with E-state index in [1.165, 1.54) is 0 Å². The zero-order valence-electron chi connectivity index (χ0n) is 14.2. The Morgan fingerprint density at radius 3 is 2.81 bits per heavy atom. The Hall–Kier alpha value is -2.70. The van der Waals surface area contributed by atoms with Crippen LogP contribution in [-0.2, 0) is 17.9 Å². The minimum atomic E-state index is 0.142. The van der Waals surface area contributed by atoms with Crippen molar-refractivity contribution in [2.24, 2.45) is 0 Å². The Morgan fingerprint density at radius 2 is 2.04 bits per heavy atom. The predicted octanol–water partition coefficient (Wildman–Crippen LogP) is 4.01. The van der Waals surface area contributed by atoms with Crippen LogP contribution in [0.2, 0.25) is 5.02 Å². The van der Waals surface area contributed by atoms with Gasteiger partial charge in [-0.15, -0.1) is 0 Å². The first-order valence-corrected chi connectivity index (χ1v) is 8.57. The highest BCUT2D eigenvalue weighted by molar-refractivity contribution is 6.30. The van der Waals surface area contributed by atoms with Crippen molar-refractivity contribution in [3.63, 3.8) is 0 Å². The first-order chi connectivity index (χ1) is 12.6. The van der Waals surface area contributed by atoms with Crippen LogP contribution < -0.4 is 9.64 Å². The SMILES string of the molecule is CN1COCc2c1nc(Oc1cccc(O)c1)n2Cc1ccc(Cl)cc1. The number of halogens is 1. The Kier molecular flexibility index (Phi) is 4.44. The third-order valence-electron chi connectivity index (χ3n) is 4.18. The summed E-state index contributed by atoms with van der Waals surface area (Å²) in [5, 5.41) is 10.4. The summed E-state index contributed by atoms with van der Waals surface area (Å²) in [5.74, 6) is 1.50. The third-order valence-corrected chi connectivity index (χ3v) is 4.43. The van der Waals surface area contributed by atoms with E-state index >= 15 is 0 Å². The van der Waals surface area contributed by atoms with Crippen molar-refractivity contribution in [2.45, 2.75) is 13.2 Å². The normalized spacial score (nSPS) is 13.5. The first-order valence-electron chi connectivity index (χ1n) is 8.20. The number of phenols is 1. The van der Waals surface area contributed by atoms with Crippen LogP contribution in [0.25, 0.3) is 0 Å². The van der Waals surface area contributed by atoms with E-state index in [-0.39, 0.29) is 5.75 Å². The highest BCUT2D eigenvalue weighted by Gasteiger charge is 2.25. The lowest BCUT2D eigenvalue weighted by atomic mass is 10.2. The standard InChI is InChI=1S/C19H18ClN3O3/c1-22-12-25-11-17-18(22)21-19(26-16-4-2-3-15(24)9-16)23(17)10-13-5-7-14(20)8-6-13/h2-9,24H,10-12H2,1H3. The summed E-state index contributed by atoms with van der Waals surface area (Å²) in [5.41, 5.74) is 2.02. The third kappa shape index (κ3) is 3.34. The number of ether oxygens (including phenoxy) is 2. The Labute approximate surface area is 156 Å². The van der Waals surface area contributed by atoms with Crippen molar-refractivity contribution in [3.05, 3.63) is 64.8 Å². The predicted molar refractivity (Wildman–Crippen MR) is 99.0 cm³/mol. The maximum Gasteiger partial charge on any atom is 0.304 e. The first kappa shape index (κ1) is 16.8. The highest BCUT2D eigenvalue weighted by atomic mass is 35.5. The summed E-state index contributed by atoms with van der Waals surface area (Å²) >= 11 is 5.99. The summed E-state index contributed by atoms with van der Waals surface area (Å²) in [6, 6.07) is 14.8. The Balaban J connectivity index is 1.73. The van der Waals surface area contributed by atoms with Crippen molar-refractivity contribution in [3.8, 4) is 17.5 Å². The molecular weight excluding hydrogens is 354 g/mol. The summed E-state index contributed by atoms with van der Waals surface area (Å²) in [6.45, 7) is 1.52. The van der Waals surface area contributed by atoms with E-state index in [0.717, 1.165) is 17.1 Å². The second-order valence-electron chi connectivity index (χ2n) is 6.15. The molecule has 0 radical (unpaired) electrons. The van der Waals surface area contributed by atoms with Gasteiger partial charge in [0, 0.05) is 18.1 Å². The van der Waals surface area contributed by atoms with Gasteiger partial charge in [-0.1, -0.05) is 29.8 Å². The van der Waals surface area contributed by atoms with Gasteiger partial charge in [-0.05, 0) is 29.8 Å². The van der Waals surface area contributed by atoms with Gasteiger partial charge in [-0.2, -0.15) is 4.98 Å². The van der Waals surface area contributed by atoms with Gasteiger partial charge >= 0.3 is 6.01 Å². The quantitative estimate of drug-likeness (QED) is 0.751. The molecule has 2 heterocycles. The molecule has 2 aromatic carbocycles. The molecular formula is C19H18ClN3O3. The molecule has 1 aliphatic rings. The van der Waals surface area contributed by atoms with Gasteiger partial charge in [0.05, 0.1) is 18.8 Å². The van der Waals surface area contributed by atoms with E-state index in [0.29, 0.717) is 36.7 Å². The minimum absolute atomic E-state index is 0.142. The summed E-state index contributed by atoms with van der Waals surface area (Å²) in [6.07, 6.45) is 0. The number of hydrogen-bond acceptors (Lipinski definition) is 5. The van der Waals surface area contributed by atoms with Crippen molar-refractivity contribution in [2.75, 3.05) is 18.7 Å². The minimum Gasteiger partial charge on any atom is -0.508 e. The average molecular weight is 372 g/mol. The molecule has 0 spiro atoms. The second-order valence-corrected chi connectivity index (χ2v) is 6.59. The second kappa shape index (κ2) is 6.90. The molecule has 1 N–H and O–H groups in total. The molecule has 0 fully saturated rings. The van der Waals surface area contributed by atoms with Crippen LogP contribution in [0.1, 0.15) is 11.3 Å². The number of aromatic hydroxyl groups is 1. The molecule has 3 aromatic rings. The van der Waals surface area contributed by atoms with Crippen LogP contribution >= 0.6 is 11.6 Å². The number of hydrogen-bond donors (Lipinski definition) is 1. The molecule has 1 aromatic heterocycles. The Bertz CT molecular complexity index is 924. The van der Waals surface area contributed by atoms with Crippen LogP contribution in [0.4, 0.5) is 5.82 Å². The molecule has 0 saturated carbocycles. The molecule has 7 heteroatoms. The van der Waals surface area contributed by atoms with E-state index in [9.17, 15) is 5.11 Å². The molecule has 0 amide bonds. The van der Waals surface area contributed by atoms with Crippen molar-refractivity contribution in [1.29, 1.82) is 0 Å². The van der Waals surface area contributed by atoms with Crippen LogP contribution in [0, 0.1) is 0 Å². The van der Waals surface area contributed by atoms with Gasteiger partial charge < -0.3 is 19.5 Å². The monoisotopic (exact) mass is 371 g/mol. The molecule has 134 valence electrons. The van der Waals surface area contributed by atoms with Gasteiger partial charge in [0.15, 0.2) is 5.82 Å². The number of nitrogens with zero attached hydrogens (tertiary/aromatic N) is 3. The highest BCUT2D eigenvalue weighted by Crippen LogP contribution is 2.33. The number of phenolic OH excluding ortho intramolecular Hbond substituents is 1. The number of aromatic nitrogens is 2. The molecule has 1 aliphatic heterocycles. The molecule has 0 bridgehead atoms. The van der Waals surface area contributed by atoms with E-state index in [4.69, 9.17) is 21.1 Å². The fourth-order valence-corrected chi connectivity index (χ4v) is 3.03. The summed E-state index contributed by atoms with van der Waals surface area (Å²) < 4.78 is 13.6. The summed E-state index contributed by atoms with van der Waals surface area (Å²) in [4.78, 5) is 6.59. The lowest BCUT2D eigenvalue weighted by molar-refractivity contribution is 0.108. The number of anilines is 1. The van der Waals surface area contributed by atoms with Crippen LogP contribution in [0.15, 0.2) is 48.5 Å². The number of rotatable bonds is 4. The van der Waals surface area contributed by atoms with Gasteiger partial charge in [-0.25, -0.2) is 0 Å². The van der Waals surface area contributed by atoms with E-state index in [2.05, 4.69) is 4.98 Å². The molecule has 0 unspecified atom stereocenters. The van der Waals surface area contributed by atoms with Gasteiger partial charge in [0.25, 0.3) is 0 Å². The number of imidazole rings is 1. The molecule has 0 saturated heterocycles. The topological polar surface area (TPSA) is 59.8 Å². The maximum atomic E-state index is 9.68. The van der Waals surface area contributed by atoms with Crippen LogP contribution in [0.5, 0.6) is 17.5 Å². The lowest BCUT2D eigenvalue weighted by Gasteiger charge is -2.24. The van der Waals surface area contributed by atoms with Crippen LogP contribution in [0.3, 0.4) is 0 Å². The van der Waals surface area contributed by atoms with Gasteiger partial charge in [-0.3, -0.25) is 4.57 Å². The molecule has 4 rings (SSSR count). The summed E-state index contributed by atoms with van der Waals surface area (Å²) in [7, 11) is 1.93. The smallest absolute Gasteiger partial charge is 0.304 e. The van der Waals surface area contributed by atoms with Crippen molar-refractivity contribution < 1.29 is 14.6 Å². The molecule has 0 atom stereocenters. The largest absolute Gasteiger partial charge is 0.508 e. The number of fused-ring (bicyclic) bond motifs is 1. The zero-order valence-corrected chi connectivity index (χ0v) is 15.0. The van der Waals surface area contributed by atoms with Crippen molar-refractivity contribution >= 4 is 17.4 Å². The fourth-order valence-electron chi connectivity index (χ4n) is 2.91. The van der Waals surface area contributed by atoms with Crippen molar-refractivity contribution in [1.82, 2.24) is 9.55 Å². The fraction of sp³-hybridized carbons (Fsp3) is 0.211. The average Bonchev–Trinajstić information content (AvgIpc) is 2.96. The lowest BCUT2D eigenvalue weighted by Crippen LogP contribution is -2.27. The molecule has 26 heavy (non-hydrogen) atoms. The zero-order chi connectivity index (χ0) is 18.1. The van der Waals surface area contributed by atoms with E-state index < -0.39 is 0 Å². The van der Waals surface area contributed by atoms with Gasteiger partial charge in [0.1, 0.15) is 18.2 Å². The van der Waals surface area contributed by atoms with E-state index in [1.54, 1.807) is 24.3 Å². The molecule has 0 aliphatic carbocycles. The molecule has 6 nitrogen and oxygen atoms in total. The maximum absolute atomic E-state index is 9.68. The Morgan fingerprint density at radius 1 is 1.23 bits per heavy atom.